The van der Waals surface area contributed by atoms with Gasteiger partial charge in [-0.1, -0.05) is 17.7 Å². The van der Waals surface area contributed by atoms with Crippen molar-refractivity contribution in [2.75, 3.05) is 6.26 Å². The number of sulfone groups is 2. The zero-order chi connectivity index (χ0) is 13.3. The first-order valence-corrected chi connectivity index (χ1v) is 8.08. The highest BCUT2D eigenvalue weighted by Gasteiger charge is 2.36. The van der Waals surface area contributed by atoms with Crippen molar-refractivity contribution < 1.29 is 16.8 Å². The minimum atomic E-state index is -4.17. The van der Waals surface area contributed by atoms with E-state index in [2.05, 4.69) is 0 Å². The lowest BCUT2D eigenvalue weighted by atomic mass is 10.2. The van der Waals surface area contributed by atoms with E-state index in [0.717, 1.165) is 11.8 Å². The number of aryl methyl sites for hydroxylation is 1. The molecule has 1 aromatic rings. The highest BCUT2D eigenvalue weighted by molar-refractivity contribution is 8.09. The van der Waals surface area contributed by atoms with Gasteiger partial charge in [-0.15, -0.1) is 0 Å². The Kier molecular flexibility index (Phi) is 3.59. The molecule has 0 N–H and O–H groups in total. The van der Waals surface area contributed by atoms with Crippen LogP contribution in [0.15, 0.2) is 29.2 Å². The van der Waals surface area contributed by atoms with Gasteiger partial charge in [0.2, 0.25) is 9.84 Å². The Labute approximate surface area is 101 Å². The van der Waals surface area contributed by atoms with Crippen LogP contribution >= 0.6 is 0 Å². The molecule has 1 unspecified atom stereocenters. The van der Waals surface area contributed by atoms with Gasteiger partial charge in [-0.05, 0) is 19.1 Å². The fraction of sp³-hybridized carbons (Fsp3) is 0.300. The summed E-state index contributed by atoms with van der Waals surface area (Å²) in [6.45, 7) is 1.77. The normalized spacial score (nSPS) is 13.9. The molecule has 0 radical (unpaired) electrons. The van der Waals surface area contributed by atoms with Crippen LogP contribution in [0.1, 0.15) is 5.56 Å². The summed E-state index contributed by atoms with van der Waals surface area (Å²) in [6.07, 6.45) is 0.729. The first kappa shape index (κ1) is 13.7. The van der Waals surface area contributed by atoms with Gasteiger partial charge in [-0.2, -0.15) is 5.26 Å². The van der Waals surface area contributed by atoms with Crippen LogP contribution in [0.3, 0.4) is 0 Å². The second-order valence-corrected chi connectivity index (χ2v) is 8.11. The van der Waals surface area contributed by atoms with Crippen molar-refractivity contribution >= 4 is 19.7 Å². The van der Waals surface area contributed by atoms with Crippen molar-refractivity contribution in [1.82, 2.24) is 0 Å². The average molecular weight is 273 g/mol. The maximum absolute atomic E-state index is 11.9. The van der Waals surface area contributed by atoms with Crippen LogP contribution in [-0.4, -0.2) is 27.7 Å². The number of hydrogen-bond acceptors (Lipinski definition) is 5. The van der Waals surface area contributed by atoms with E-state index >= 15 is 0 Å². The van der Waals surface area contributed by atoms with Gasteiger partial charge in [0, 0.05) is 6.26 Å². The molecule has 0 aromatic heterocycles. The maximum atomic E-state index is 11.9. The molecule has 5 nitrogen and oxygen atoms in total. The van der Waals surface area contributed by atoms with Gasteiger partial charge in [0.1, 0.15) is 0 Å². The summed E-state index contributed by atoms with van der Waals surface area (Å²) in [6, 6.07) is 6.99. The Hall–Kier alpha value is -1.39. The minimum absolute atomic E-state index is 0.167. The molecule has 92 valence electrons. The van der Waals surface area contributed by atoms with Gasteiger partial charge in [0.05, 0.1) is 11.0 Å². The highest BCUT2D eigenvalue weighted by atomic mass is 32.3. The molecule has 17 heavy (non-hydrogen) atoms. The lowest BCUT2D eigenvalue weighted by Crippen LogP contribution is -2.28. The molecule has 1 aromatic carbocycles. The van der Waals surface area contributed by atoms with Crippen molar-refractivity contribution in [3.8, 4) is 6.07 Å². The van der Waals surface area contributed by atoms with Crippen LogP contribution in [0, 0.1) is 18.3 Å². The Balaban J connectivity index is 3.39. The average Bonchev–Trinajstić information content (AvgIpc) is 2.16. The molecule has 1 rings (SSSR count). The topological polar surface area (TPSA) is 92.1 Å². The summed E-state index contributed by atoms with van der Waals surface area (Å²) in [7, 11) is -8.15. The summed E-state index contributed by atoms with van der Waals surface area (Å²) >= 11 is 0. The fourth-order valence-electron chi connectivity index (χ4n) is 1.25. The molecule has 7 heteroatoms. The zero-order valence-electron chi connectivity index (χ0n) is 9.28. The Morgan fingerprint density at radius 2 is 1.59 bits per heavy atom. The van der Waals surface area contributed by atoms with Gasteiger partial charge < -0.3 is 0 Å². The van der Waals surface area contributed by atoms with Gasteiger partial charge >= 0.3 is 0 Å². The van der Waals surface area contributed by atoms with Crippen LogP contribution in [0.2, 0.25) is 0 Å². The number of nitrogens with zero attached hydrogens (tertiary/aromatic N) is 1. The largest absolute Gasteiger partial charge is 0.252 e. The third-order valence-electron chi connectivity index (χ3n) is 2.13. The SMILES string of the molecule is Cc1ccc(S(=O)(=O)C(C#N)S(C)(=O)=O)cc1. The van der Waals surface area contributed by atoms with E-state index in [0.29, 0.717) is 0 Å². The molecule has 0 aliphatic heterocycles. The quantitative estimate of drug-likeness (QED) is 0.806. The Morgan fingerprint density at radius 1 is 1.12 bits per heavy atom. The molecule has 0 bridgehead atoms. The van der Waals surface area contributed by atoms with Gasteiger partial charge in [-0.25, -0.2) is 16.8 Å². The monoisotopic (exact) mass is 273 g/mol. The van der Waals surface area contributed by atoms with Crippen LogP contribution in [0.4, 0.5) is 0 Å². The standard InChI is InChI=1S/C10H11NO4S2/c1-8-3-5-9(6-4-8)17(14,15)10(7-11)16(2,12)13/h3-6,10H,1-2H3. The molecule has 0 fully saturated rings. The summed E-state index contributed by atoms with van der Waals surface area (Å²) in [4.78, 5) is -0.167. The maximum Gasteiger partial charge on any atom is 0.252 e. The number of rotatable bonds is 3. The van der Waals surface area contributed by atoms with E-state index in [-0.39, 0.29) is 4.90 Å². The molecule has 0 spiro atoms. The van der Waals surface area contributed by atoms with Crippen LogP contribution in [0.25, 0.3) is 0 Å². The summed E-state index contributed by atoms with van der Waals surface area (Å²) in [5, 5.41) is 8.70. The molecule has 0 aliphatic rings. The number of hydrogen-bond donors (Lipinski definition) is 0. The second kappa shape index (κ2) is 4.47. The molecule has 1 atom stereocenters. The minimum Gasteiger partial charge on any atom is -0.227 e. The third kappa shape index (κ3) is 2.84. The van der Waals surface area contributed by atoms with Gasteiger partial charge in [0.25, 0.3) is 4.58 Å². The van der Waals surface area contributed by atoms with Crippen LogP contribution < -0.4 is 0 Å². The first-order chi connectivity index (χ1) is 7.69. The summed E-state index contributed by atoms with van der Waals surface area (Å²) < 4.78 is 44.3. The molecular formula is C10H11NO4S2. The predicted octanol–water partition coefficient (Wildman–Crippen LogP) is 0.663. The van der Waals surface area contributed by atoms with Gasteiger partial charge in [-0.3, -0.25) is 0 Å². The van der Waals surface area contributed by atoms with Crippen LogP contribution in [0.5, 0.6) is 0 Å². The van der Waals surface area contributed by atoms with Crippen LogP contribution in [-0.2, 0) is 19.7 Å². The van der Waals surface area contributed by atoms with Crippen molar-refractivity contribution in [2.45, 2.75) is 16.4 Å². The third-order valence-corrected chi connectivity index (χ3v) is 6.42. The van der Waals surface area contributed by atoms with Gasteiger partial charge in [0.15, 0.2) is 9.84 Å². The van der Waals surface area contributed by atoms with E-state index in [1.54, 1.807) is 19.1 Å². The molecule has 0 aliphatic carbocycles. The van der Waals surface area contributed by atoms with Crippen molar-refractivity contribution in [2.24, 2.45) is 0 Å². The van der Waals surface area contributed by atoms with E-state index < -0.39 is 24.3 Å². The van der Waals surface area contributed by atoms with Crippen molar-refractivity contribution in [3.05, 3.63) is 29.8 Å². The molecular weight excluding hydrogens is 262 g/mol. The fourth-order valence-corrected chi connectivity index (χ4v) is 4.51. The number of benzene rings is 1. The Morgan fingerprint density at radius 3 is 1.94 bits per heavy atom. The van der Waals surface area contributed by atoms with E-state index in [1.807, 2.05) is 0 Å². The second-order valence-electron chi connectivity index (χ2n) is 3.65. The first-order valence-electron chi connectivity index (χ1n) is 4.58. The lowest BCUT2D eigenvalue weighted by molar-refractivity contribution is 0.585. The highest BCUT2D eigenvalue weighted by Crippen LogP contribution is 2.19. The molecule has 0 heterocycles. The van der Waals surface area contributed by atoms with E-state index in [9.17, 15) is 16.8 Å². The number of nitriles is 1. The van der Waals surface area contributed by atoms with E-state index in [1.165, 1.54) is 18.2 Å². The summed E-state index contributed by atoms with van der Waals surface area (Å²) in [5.74, 6) is 0. The molecule has 0 amide bonds. The Bertz CT molecular complexity index is 651. The van der Waals surface area contributed by atoms with Crippen molar-refractivity contribution in [1.29, 1.82) is 5.26 Å². The summed E-state index contributed by atoms with van der Waals surface area (Å²) in [5.41, 5.74) is 0.844. The molecule has 0 saturated carbocycles. The smallest absolute Gasteiger partial charge is 0.227 e. The predicted molar refractivity (Wildman–Crippen MR) is 62.6 cm³/mol. The van der Waals surface area contributed by atoms with E-state index in [4.69, 9.17) is 5.26 Å². The molecule has 0 saturated heterocycles. The lowest BCUT2D eigenvalue weighted by Gasteiger charge is -2.08. The zero-order valence-corrected chi connectivity index (χ0v) is 10.9. The van der Waals surface area contributed by atoms with Crippen molar-refractivity contribution in [3.63, 3.8) is 0 Å².